The Morgan fingerprint density at radius 3 is 2.71 bits per heavy atom. The molecule has 2 aromatic rings. The number of methoxy groups -OCH3 is 1. The number of rotatable bonds is 4. The van der Waals surface area contributed by atoms with Crippen LogP contribution < -0.4 is 5.32 Å². The molecule has 0 aliphatic rings. The first kappa shape index (κ1) is 15.5. The Morgan fingerprint density at radius 1 is 1.29 bits per heavy atom. The van der Waals surface area contributed by atoms with Gasteiger partial charge in [-0.25, -0.2) is 9.18 Å². The van der Waals surface area contributed by atoms with Gasteiger partial charge in [0.15, 0.2) is 0 Å². The molecule has 5 heteroatoms. The van der Waals surface area contributed by atoms with Gasteiger partial charge in [0.25, 0.3) is 0 Å². The van der Waals surface area contributed by atoms with E-state index in [-0.39, 0.29) is 5.69 Å². The molecule has 0 spiro atoms. The van der Waals surface area contributed by atoms with Gasteiger partial charge in [0, 0.05) is 11.0 Å². The third kappa shape index (κ3) is 3.82. The molecule has 0 amide bonds. The van der Waals surface area contributed by atoms with Crippen molar-refractivity contribution in [3.05, 3.63) is 63.4 Å². The number of nitrogens with one attached hydrogen (secondary N) is 1. The number of hydrogen-bond acceptors (Lipinski definition) is 3. The van der Waals surface area contributed by atoms with Gasteiger partial charge in [-0.1, -0.05) is 28.1 Å². The Morgan fingerprint density at radius 2 is 2.05 bits per heavy atom. The van der Waals surface area contributed by atoms with Crippen LogP contribution in [-0.2, 0) is 11.3 Å². The standard InChI is InChI=1S/C16H15BrFNO2/c1-10-3-4-12(13(17)7-10)9-19-15-8-11(16(20)21-2)5-6-14(15)18/h3-8,19H,9H2,1-2H3. The molecule has 2 rings (SSSR count). The number of carbonyl (C=O) groups excluding carboxylic acids is 1. The van der Waals surface area contributed by atoms with E-state index >= 15 is 0 Å². The second-order valence-electron chi connectivity index (χ2n) is 4.63. The van der Waals surface area contributed by atoms with Crippen molar-refractivity contribution in [1.29, 1.82) is 0 Å². The lowest BCUT2D eigenvalue weighted by Gasteiger charge is -2.11. The van der Waals surface area contributed by atoms with E-state index in [0.717, 1.165) is 15.6 Å². The molecule has 21 heavy (non-hydrogen) atoms. The van der Waals surface area contributed by atoms with Gasteiger partial charge in [0.1, 0.15) is 5.82 Å². The van der Waals surface area contributed by atoms with E-state index in [9.17, 15) is 9.18 Å². The number of aryl methyl sites for hydroxylation is 1. The van der Waals surface area contributed by atoms with Crippen LogP contribution in [0.3, 0.4) is 0 Å². The maximum Gasteiger partial charge on any atom is 0.337 e. The highest BCUT2D eigenvalue weighted by atomic mass is 79.9. The van der Waals surface area contributed by atoms with Crippen molar-refractivity contribution in [1.82, 2.24) is 0 Å². The fourth-order valence-electron chi connectivity index (χ4n) is 1.89. The van der Waals surface area contributed by atoms with Crippen LogP contribution in [0.4, 0.5) is 10.1 Å². The molecule has 0 aliphatic heterocycles. The minimum Gasteiger partial charge on any atom is -0.465 e. The molecule has 0 saturated carbocycles. The zero-order valence-electron chi connectivity index (χ0n) is 11.7. The highest BCUT2D eigenvalue weighted by molar-refractivity contribution is 9.10. The zero-order valence-corrected chi connectivity index (χ0v) is 13.3. The molecular formula is C16H15BrFNO2. The van der Waals surface area contributed by atoms with E-state index in [4.69, 9.17) is 0 Å². The summed E-state index contributed by atoms with van der Waals surface area (Å²) < 4.78 is 19.4. The Hall–Kier alpha value is -1.88. The first-order valence-electron chi connectivity index (χ1n) is 6.38. The van der Waals surface area contributed by atoms with Crippen LogP contribution in [0, 0.1) is 12.7 Å². The van der Waals surface area contributed by atoms with E-state index in [1.807, 2.05) is 25.1 Å². The highest BCUT2D eigenvalue weighted by Crippen LogP contribution is 2.22. The average Bonchev–Trinajstić information content (AvgIpc) is 2.47. The lowest BCUT2D eigenvalue weighted by Crippen LogP contribution is -2.06. The van der Waals surface area contributed by atoms with Crippen molar-refractivity contribution in [2.24, 2.45) is 0 Å². The van der Waals surface area contributed by atoms with Crippen LogP contribution >= 0.6 is 15.9 Å². The molecule has 0 atom stereocenters. The summed E-state index contributed by atoms with van der Waals surface area (Å²) in [6.45, 7) is 2.45. The molecular weight excluding hydrogens is 337 g/mol. The zero-order chi connectivity index (χ0) is 15.4. The van der Waals surface area contributed by atoms with Crippen molar-refractivity contribution < 1.29 is 13.9 Å². The molecule has 0 unspecified atom stereocenters. The van der Waals surface area contributed by atoms with Gasteiger partial charge in [0.2, 0.25) is 0 Å². The smallest absolute Gasteiger partial charge is 0.337 e. The summed E-state index contributed by atoms with van der Waals surface area (Å²) >= 11 is 3.48. The van der Waals surface area contributed by atoms with Gasteiger partial charge >= 0.3 is 5.97 Å². The van der Waals surface area contributed by atoms with Crippen LogP contribution in [0.2, 0.25) is 0 Å². The van der Waals surface area contributed by atoms with Gasteiger partial charge in [-0.05, 0) is 42.3 Å². The Labute approximate surface area is 131 Å². The van der Waals surface area contributed by atoms with E-state index < -0.39 is 11.8 Å². The van der Waals surface area contributed by atoms with Gasteiger partial charge in [0.05, 0.1) is 18.4 Å². The summed E-state index contributed by atoms with van der Waals surface area (Å²) in [6, 6.07) is 10.0. The minimum atomic E-state index is -0.491. The van der Waals surface area contributed by atoms with Gasteiger partial charge in [-0.2, -0.15) is 0 Å². The number of esters is 1. The van der Waals surface area contributed by atoms with Crippen LogP contribution in [0.25, 0.3) is 0 Å². The lowest BCUT2D eigenvalue weighted by atomic mass is 10.1. The average molecular weight is 352 g/mol. The highest BCUT2D eigenvalue weighted by Gasteiger charge is 2.10. The number of carbonyl (C=O) groups is 1. The normalized spacial score (nSPS) is 10.3. The van der Waals surface area contributed by atoms with Crippen molar-refractivity contribution in [3.63, 3.8) is 0 Å². The topological polar surface area (TPSA) is 38.3 Å². The maximum atomic E-state index is 13.8. The van der Waals surface area contributed by atoms with Crippen LogP contribution in [0.5, 0.6) is 0 Å². The van der Waals surface area contributed by atoms with E-state index in [1.54, 1.807) is 0 Å². The van der Waals surface area contributed by atoms with Crippen molar-refractivity contribution in [3.8, 4) is 0 Å². The maximum absolute atomic E-state index is 13.8. The van der Waals surface area contributed by atoms with E-state index in [1.165, 1.54) is 25.3 Å². The monoisotopic (exact) mass is 351 g/mol. The minimum absolute atomic E-state index is 0.269. The van der Waals surface area contributed by atoms with Crippen molar-refractivity contribution in [2.75, 3.05) is 12.4 Å². The molecule has 2 aromatic carbocycles. The molecule has 1 N–H and O–H groups in total. The largest absolute Gasteiger partial charge is 0.465 e. The summed E-state index contributed by atoms with van der Waals surface area (Å²) in [5.74, 6) is -0.902. The number of anilines is 1. The third-order valence-corrected chi connectivity index (χ3v) is 3.80. The predicted molar refractivity (Wildman–Crippen MR) is 83.9 cm³/mol. The Bertz CT molecular complexity index is 673. The molecule has 0 fully saturated rings. The van der Waals surface area contributed by atoms with E-state index in [0.29, 0.717) is 12.1 Å². The summed E-state index contributed by atoms with van der Waals surface area (Å²) in [6.07, 6.45) is 0. The van der Waals surface area contributed by atoms with Crippen molar-refractivity contribution >= 4 is 27.6 Å². The quantitative estimate of drug-likeness (QED) is 0.834. The number of ether oxygens (including phenoxy) is 1. The molecule has 0 aromatic heterocycles. The predicted octanol–water partition coefficient (Wildman–Crippen LogP) is 4.30. The van der Waals surface area contributed by atoms with Gasteiger partial charge in [-0.3, -0.25) is 0 Å². The first-order valence-corrected chi connectivity index (χ1v) is 7.17. The Balaban J connectivity index is 2.17. The second kappa shape index (κ2) is 6.72. The van der Waals surface area contributed by atoms with E-state index in [2.05, 4.69) is 26.0 Å². The lowest BCUT2D eigenvalue weighted by molar-refractivity contribution is 0.0600. The first-order chi connectivity index (χ1) is 10.0. The summed E-state index contributed by atoms with van der Waals surface area (Å²) in [4.78, 5) is 11.5. The summed E-state index contributed by atoms with van der Waals surface area (Å²) in [7, 11) is 1.29. The molecule has 0 radical (unpaired) electrons. The molecule has 110 valence electrons. The molecule has 0 bridgehead atoms. The van der Waals surface area contributed by atoms with Crippen LogP contribution in [0.15, 0.2) is 40.9 Å². The van der Waals surface area contributed by atoms with Gasteiger partial charge in [-0.15, -0.1) is 0 Å². The van der Waals surface area contributed by atoms with Crippen LogP contribution in [-0.4, -0.2) is 13.1 Å². The second-order valence-corrected chi connectivity index (χ2v) is 5.49. The molecule has 0 aliphatic carbocycles. The van der Waals surface area contributed by atoms with Crippen LogP contribution in [0.1, 0.15) is 21.5 Å². The molecule has 0 heterocycles. The molecule has 0 saturated heterocycles. The fourth-order valence-corrected chi connectivity index (χ4v) is 2.53. The number of halogens is 2. The van der Waals surface area contributed by atoms with Gasteiger partial charge < -0.3 is 10.1 Å². The SMILES string of the molecule is COC(=O)c1ccc(F)c(NCc2ccc(C)cc2Br)c1. The fraction of sp³-hybridized carbons (Fsp3) is 0.188. The third-order valence-electron chi connectivity index (χ3n) is 3.07. The number of hydrogen-bond donors (Lipinski definition) is 1. The summed E-state index contributed by atoms with van der Waals surface area (Å²) in [5, 5.41) is 3.00. The molecule has 3 nitrogen and oxygen atoms in total. The number of benzene rings is 2. The summed E-state index contributed by atoms with van der Waals surface area (Å²) in [5.41, 5.74) is 2.72. The van der Waals surface area contributed by atoms with Crippen molar-refractivity contribution in [2.45, 2.75) is 13.5 Å². The Kier molecular flexibility index (Phi) is 4.96.